The molecule has 0 aromatic carbocycles. The molecule has 0 aliphatic rings. The Bertz CT molecular complexity index is 589. The highest BCUT2D eigenvalue weighted by atomic mass is 32.2. The van der Waals surface area contributed by atoms with Crippen LogP contribution in [-0.2, 0) is 29.6 Å². The van der Waals surface area contributed by atoms with Crippen molar-refractivity contribution in [1.82, 2.24) is 15.1 Å². The summed E-state index contributed by atoms with van der Waals surface area (Å²) >= 11 is 0. The van der Waals surface area contributed by atoms with Gasteiger partial charge in [0, 0.05) is 6.42 Å². The first-order valence-corrected chi connectivity index (χ1v) is 9.83. The monoisotopic (exact) mass is 388 g/mol. The van der Waals surface area contributed by atoms with E-state index in [-0.39, 0.29) is 0 Å². The first-order chi connectivity index (χ1) is 11.6. The standard InChI is InChI=1S/C13H27N4.CHF3O3S/c1-4-7-9-10-11-13-14-17(12-8-5-2)15-16(13)6-3;2-1(3,4)8(5,6)7/h4-12H2,1-3H3;(H,5,6,7)/q+1;/p-1. The lowest BCUT2D eigenvalue weighted by molar-refractivity contribution is -0.759. The third-order valence-corrected chi connectivity index (χ3v) is 3.86. The van der Waals surface area contributed by atoms with Gasteiger partial charge in [0.15, 0.2) is 10.1 Å². The molecule has 1 aromatic heterocycles. The molecule has 7 nitrogen and oxygen atoms in total. The molecule has 1 aromatic rings. The molecule has 1 rings (SSSR count). The van der Waals surface area contributed by atoms with Crippen molar-refractivity contribution in [3.8, 4) is 0 Å². The molecule has 0 bridgehead atoms. The molecule has 0 saturated heterocycles. The van der Waals surface area contributed by atoms with Crippen LogP contribution in [0.5, 0.6) is 0 Å². The Morgan fingerprint density at radius 2 is 1.64 bits per heavy atom. The molecule has 0 amide bonds. The first-order valence-electron chi connectivity index (χ1n) is 8.43. The number of tetrazole rings is 1. The maximum atomic E-state index is 10.7. The third kappa shape index (κ3) is 9.73. The maximum Gasteiger partial charge on any atom is 0.485 e. The molecular formula is C14H27F3N4O3S. The SMILES string of the molecule is CCCCCCc1nn(CCCC)n[n+]1CC.O=S(=O)([O-])C(F)(F)F. The molecule has 0 N–H and O–H groups in total. The Morgan fingerprint density at radius 3 is 2.08 bits per heavy atom. The lowest BCUT2D eigenvalue weighted by atomic mass is 10.1. The number of rotatable bonds is 9. The minimum Gasteiger partial charge on any atom is -0.741 e. The van der Waals surface area contributed by atoms with Crippen molar-refractivity contribution in [2.75, 3.05) is 0 Å². The average molecular weight is 388 g/mol. The summed E-state index contributed by atoms with van der Waals surface area (Å²) in [6.07, 6.45) is 8.59. The topological polar surface area (TPSA) is 91.8 Å². The molecule has 0 unspecified atom stereocenters. The first kappa shape index (κ1) is 23.8. The molecule has 0 spiro atoms. The van der Waals surface area contributed by atoms with Crippen LogP contribution >= 0.6 is 0 Å². The van der Waals surface area contributed by atoms with Crippen LogP contribution < -0.4 is 4.68 Å². The molecule has 0 saturated carbocycles. The van der Waals surface area contributed by atoms with E-state index >= 15 is 0 Å². The van der Waals surface area contributed by atoms with E-state index in [4.69, 9.17) is 13.0 Å². The quantitative estimate of drug-likeness (QED) is 0.281. The molecule has 0 aliphatic heterocycles. The lowest BCUT2D eigenvalue weighted by Gasteiger charge is -2.08. The number of alkyl halides is 3. The van der Waals surface area contributed by atoms with Crippen LogP contribution in [-0.4, -0.2) is 33.6 Å². The van der Waals surface area contributed by atoms with E-state index in [1.807, 2.05) is 9.48 Å². The number of hydrogen-bond donors (Lipinski definition) is 0. The second-order valence-electron chi connectivity index (χ2n) is 5.48. The van der Waals surface area contributed by atoms with E-state index < -0.39 is 15.6 Å². The molecule has 11 heteroatoms. The van der Waals surface area contributed by atoms with E-state index in [0.29, 0.717) is 0 Å². The van der Waals surface area contributed by atoms with Gasteiger partial charge in [0.05, 0.1) is 16.9 Å². The second kappa shape index (κ2) is 11.4. The van der Waals surface area contributed by atoms with E-state index in [0.717, 1.165) is 31.8 Å². The number of unbranched alkanes of at least 4 members (excludes halogenated alkanes) is 4. The van der Waals surface area contributed by atoms with Crippen LogP contribution in [0.4, 0.5) is 13.2 Å². The molecule has 1 heterocycles. The number of hydrogen-bond acceptors (Lipinski definition) is 5. The fourth-order valence-corrected chi connectivity index (χ4v) is 1.91. The molecule has 0 radical (unpaired) electrons. The van der Waals surface area contributed by atoms with Crippen molar-refractivity contribution in [1.29, 1.82) is 0 Å². The summed E-state index contributed by atoms with van der Waals surface area (Å²) in [7, 11) is -6.09. The van der Waals surface area contributed by atoms with Crippen molar-refractivity contribution >= 4 is 10.1 Å². The summed E-state index contributed by atoms with van der Waals surface area (Å²) in [5.41, 5.74) is -5.65. The van der Waals surface area contributed by atoms with Crippen LogP contribution in [0.15, 0.2) is 0 Å². The van der Waals surface area contributed by atoms with Crippen LogP contribution in [0.25, 0.3) is 0 Å². The largest absolute Gasteiger partial charge is 0.741 e. The maximum absolute atomic E-state index is 10.7. The third-order valence-electron chi connectivity index (χ3n) is 3.29. The van der Waals surface area contributed by atoms with Gasteiger partial charge in [-0.2, -0.15) is 13.2 Å². The van der Waals surface area contributed by atoms with Crippen molar-refractivity contribution in [2.24, 2.45) is 0 Å². The molecule has 148 valence electrons. The normalized spacial score (nSPS) is 12.0. The number of halogens is 3. The Morgan fingerprint density at radius 1 is 1.08 bits per heavy atom. The number of nitrogens with zero attached hydrogens (tertiary/aromatic N) is 4. The van der Waals surface area contributed by atoms with Gasteiger partial charge in [-0.1, -0.05) is 39.5 Å². The van der Waals surface area contributed by atoms with Gasteiger partial charge in [0.1, 0.15) is 6.54 Å². The predicted octanol–water partition coefficient (Wildman–Crippen LogP) is 2.56. The fourth-order valence-electron chi connectivity index (χ4n) is 1.91. The fraction of sp³-hybridized carbons (Fsp3) is 0.929. The Hall–Kier alpha value is -1.23. The number of aryl methyl sites for hydroxylation is 3. The zero-order chi connectivity index (χ0) is 19.5. The Kier molecular flexibility index (Phi) is 10.8. The van der Waals surface area contributed by atoms with Gasteiger partial charge >= 0.3 is 5.51 Å². The summed E-state index contributed by atoms with van der Waals surface area (Å²) in [4.78, 5) is 1.86. The Labute approximate surface area is 147 Å². The minimum absolute atomic E-state index is 0.926. The van der Waals surface area contributed by atoms with Gasteiger partial charge in [-0.3, -0.25) is 0 Å². The van der Waals surface area contributed by atoms with Crippen molar-refractivity contribution in [2.45, 2.75) is 84.3 Å². The van der Waals surface area contributed by atoms with E-state index in [1.165, 1.54) is 32.1 Å². The molecule has 0 aliphatic carbocycles. The lowest BCUT2D eigenvalue weighted by Crippen LogP contribution is -2.39. The molecule has 0 atom stereocenters. The van der Waals surface area contributed by atoms with Crippen molar-refractivity contribution in [3.63, 3.8) is 0 Å². The summed E-state index contributed by atoms with van der Waals surface area (Å²) in [5, 5.41) is 9.07. The van der Waals surface area contributed by atoms with Crippen molar-refractivity contribution < 1.29 is 30.8 Å². The molecule has 25 heavy (non-hydrogen) atoms. The van der Waals surface area contributed by atoms with Gasteiger partial charge in [-0.25, -0.2) is 8.42 Å². The highest BCUT2D eigenvalue weighted by Crippen LogP contribution is 2.20. The van der Waals surface area contributed by atoms with Crippen LogP contribution in [0.3, 0.4) is 0 Å². The zero-order valence-corrected chi connectivity index (χ0v) is 15.7. The van der Waals surface area contributed by atoms with Gasteiger partial charge in [0.2, 0.25) is 0 Å². The van der Waals surface area contributed by atoms with Crippen molar-refractivity contribution in [3.05, 3.63) is 5.82 Å². The summed E-state index contributed by atoms with van der Waals surface area (Å²) < 4.78 is 60.9. The van der Waals surface area contributed by atoms with Gasteiger partial charge < -0.3 is 4.55 Å². The number of aromatic nitrogens is 4. The van der Waals surface area contributed by atoms with E-state index in [9.17, 15) is 13.2 Å². The highest BCUT2D eigenvalue weighted by molar-refractivity contribution is 7.86. The summed E-state index contributed by atoms with van der Waals surface area (Å²) in [6.45, 7) is 8.45. The predicted molar refractivity (Wildman–Crippen MR) is 84.4 cm³/mol. The highest BCUT2D eigenvalue weighted by Gasteiger charge is 2.36. The van der Waals surface area contributed by atoms with Gasteiger partial charge in [-0.15, -0.1) is 4.68 Å². The second-order valence-corrected chi connectivity index (χ2v) is 6.85. The molecule has 0 fully saturated rings. The van der Waals surface area contributed by atoms with Crippen LogP contribution in [0.1, 0.15) is 65.1 Å². The summed E-state index contributed by atoms with van der Waals surface area (Å²) in [5.74, 6) is 1.15. The van der Waals surface area contributed by atoms with Crippen LogP contribution in [0.2, 0.25) is 0 Å². The van der Waals surface area contributed by atoms with E-state index in [1.54, 1.807) is 0 Å². The molecular weight excluding hydrogens is 361 g/mol. The van der Waals surface area contributed by atoms with Gasteiger partial charge in [0.25, 0.3) is 5.82 Å². The van der Waals surface area contributed by atoms with Crippen LogP contribution in [0, 0.1) is 0 Å². The smallest absolute Gasteiger partial charge is 0.485 e. The summed E-state index contributed by atoms with van der Waals surface area (Å²) in [6, 6.07) is 0. The minimum atomic E-state index is -6.09. The zero-order valence-electron chi connectivity index (χ0n) is 14.9. The average Bonchev–Trinajstić information content (AvgIpc) is 2.90. The van der Waals surface area contributed by atoms with Gasteiger partial charge in [-0.05, 0) is 24.6 Å². The Balaban J connectivity index is 0.000000609. The van der Waals surface area contributed by atoms with E-state index in [2.05, 4.69) is 31.1 Å².